The number of esters is 1. The lowest BCUT2D eigenvalue weighted by Gasteiger charge is -2.31. The van der Waals surface area contributed by atoms with Crippen LogP contribution in [0.25, 0.3) is 11.1 Å². The average Bonchev–Trinajstić information content (AvgIpc) is 3.54. The predicted octanol–water partition coefficient (Wildman–Crippen LogP) is 5.63. The zero-order valence-corrected chi connectivity index (χ0v) is 30.5. The maximum absolute atomic E-state index is 13.7. The minimum atomic E-state index is -1.23. The normalized spacial score (nSPS) is 15.8. The number of carbonyl (C=O) groups is 5. The number of urea groups is 1. The lowest BCUT2D eigenvalue weighted by atomic mass is 10.0. The minimum absolute atomic E-state index is 0.0544. The van der Waals surface area contributed by atoms with Gasteiger partial charge in [0.1, 0.15) is 23.3 Å². The number of hydrogen-bond acceptors (Lipinski definition) is 7. The number of carbonyl (C=O) groups excluding carboxylic acids is 4. The van der Waals surface area contributed by atoms with Gasteiger partial charge in [0.05, 0.1) is 5.92 Å². The SMILES string of the molecule is CCCCN(C[C@H](CNC(=O)[C@@H]1CCCN1C(=O)OC(C)(C)C)C(=O)OC(C)(C)C)C(=O)N[C@@H](Cc1ccc(-c2ccccc2)cc1)C(=O)O. The van der Waals surface area contributed by atoms with Crippen molar-refractivity contribution in [1.82, 2.24) is 20.4 Å². The molecule has 1 aliphatic heterocycles. The third kappa shape index (κ3) is 12.7. The number of likely N-dealkylation sites (tertiary alicyclic amines) is 1. The fraction of sp³-hybridized carbons (Fsp3) is 0.553. The van der Waals surface area contributed by atoms with Gasteiger partial charge in [-0.15, -0.1) is 0 Å². The molecule has 12 nitrogen and oxygen atoms in total. The van der Waals surface area contributed by atoms with Crippen LogP contribution in [0.5, 0.6) is 0 Å². The number of carboxylic acid groups (broad SMARTS) is 1. The van der Waals surface area contributed by atoms with Gasteiger partial charge in [0.2, 0.25) is 5.91 Å². The molecule has 12 heteroatoms. The van der Waals surface area contributed by atoms with Gasteiger partial charge < -0.3 is 30.1 Å². The van der Waals surface area contributed by atoms with Gasteiger partial charge in [0.25, 0.3) is 0 Å². The molecule has 1 fully saturated rings. The van der Waals surface area contributed by atoms with Gasteiger partial charge in [0.15, 0.2) is 0 Å². The third-order valence-corrected chi connectivity index (χ3v) is 8.05. The highest BCUT2D eigenvalue weighted by molar-refractivity contribution is 5.87. The van der Waals surface area contributed by atoms with Gasteiger partial charge in [-0.25, -0.2) is 14.4 Å². The lowest BCUT2D eigenvalue weighted by molar-refractivity contribution is -0.160. The van der Waals surface area contributed by atoms with E-state index in [0.29, 0.717) is 25.8 Å². The van der Waals surface area contributed by atoms with Crippen LogP contribution in [0.4, 0.5) is 9.59 Å². The van der Waals surface area contributed by atoms with E-state index in [2.05, 4.69) is 10.6 Å². The molecule has 1 aliphatic rings. The molecule has 0 aromatic heterocycles. The van der Waals surface area contributed by atoms with Crippen molar-refractivity contribution in [2.75, 3.05) is 26.2 Å². The number of carboxylic acids is 1. The first-order valence-electron chi connectivity index (χ1n) is 17.4. The van der Waals surface area contributed by atoms with Crippen LogP contribution in [0.2, 0.25) is 0 Å². The Kier molecular flexibility index (Phi) is 14.2. The molecule has 0 radical (unpaired) electrons. The molecule has 1 heterocycles. The van der Waals surface area contributed by atoms with Crippen molar-refractivity contribution < 1.29 is 38.6 Å². The first-order chi connectivity index (χ1) is 23.5. The van der Waals surface area contributed by atoms with Gasteiger partial charge in [-0.1, -0.05) is 67.9 Å². The van der Waals surface area contributed by atoms with Gasteiger partial charge in [-0.2, -0.15) is 0 Å². The quantitative estimate of drug-likeness (QED) is 0.215. The Morgan fingerprint density at radius 2 is 1.54 bits per heavy atom. The number of benzene rings is 2. The zero-order valence-electron chi connectivity index (χ0n) is 30.5. The molecule has 2 aromatic rings. The summed E-state index contributed by atoms with van der Waals surface area (Å²) in [5.74, 6) is -3.21. The topological polar surface area (TPSA) is 155 Å². The van der Waals surface area contributed by atoms with E-state index in [-0.39, 0.29) is 26.1 Å². The lowest BCUT2D eigenvalue weighted by Crippen LogP contribution is -2.53. The highest BCUT2D eigenvalue weighted by Crippen LogP contribution is 2.22. The Hall–Kier alpha value is -4.61. The third-order valence-electron chi connectivity index (χ3n) is 8.05. The smallest absolute Gasteiger partial charge is 0.410 e. The van der Waals surface area contributed by atoms with Crippen molar-refractivity contribution in [3.05, 3.63) is 60.2 Å². The summed E-state index contributed by atoms with van der Waals surface area (Å²) in [4.78, 5) is 68.4. The predicted molar refractivity (Wildman–Crippen MR) is 190 cm³/mol. The van der Waals surface area contributed by atoms with Gasteiger partial charge >= 0.3 is 24.1 Å². The van der Waals surface area contributed by atoms with Gasteiger partial charge in [-0.3, -0.25) is 14.5 Å². The molecule has 0 aliphatic carbocycles. The summed E-state index contributed by atoms with van der Waals surface area (Å²) in [6.45, 7) is 12.7. The molecule has 0 saturated carbocycles. The van der Waals surface area contributed by atoms with Gasteiger partial charge in [-0.05, 0) is 77.5 Å². The Morgan fingerprint density at radius 1 is 0.920 bits per heavy atom. The summed E-state index contributed by atoms with van der Waals surface area (Å²) >= 11 is 0. The van der Waals surface area contributed by atoms with Crippen molar-refractivity contribution in [2.45, 2.75) is 104 Å². The highest BCUT2D eigenvalue weighted by Gasteiger charge is 2.38. The number of rotatable bonds is 14. The zero-order chi connectivity index (χ0) is 37.1. The number of ether oxygens (including phenoxy) is 2. The molecular formula is C38H54N4O8. The molecule has 1 saturated heterocycles. The molecule has 50 heavy (non-hydrogen) atoms. The van der Waals surface area contributed by atoms with Crippen molar-refractivity contribution in [3.8, 4) is 11.1 Å². The van der Waals surface area contributed by atoms with Crippen molar-refractivity contribution in [3.63, 3.8) is 0 Å². The second-order valence-electron chi connectivity index (χ2n) is 14.7. The molecule has 2 aromatic carbocycles. The molecule has 274 valence electrons. The van der Waals surface area contributed by atoms with E-state index >= 15 is 0 Å². The summed E-state index contributed by atoms with van der Waals surface area (Å²) in [5, 5.41) is 15.5. The number of unbranched alkanes of at least 4 members (excludes halogenated alkanes) is 1. The van der Waals surface area contributed by atoms with Crippen molar-refractivity contribution in [1.29, 1.82) is 0 Å². The number of hydrogen-bond donors (Lipinski definition) is 3. The van der Waals surface area contributed by atoms with Crippen LogP contribution in [0.3, 0.4) is 0 Å². The molecule has 3 atom stereocenters. The number of aliphatic carboxylic acids is 1. The van der Waals surface area contributed by atoms with E-state index in [1.807, 2.05) is 61.5 Å². The molecule has 4 amide bonds. The fourth-order valence-electron chi connectivity index (χ4n) is 5.56. The van der Waals surface area contributed by atoms with E-state index < -0.39 is 59.2 Å². The summed E-state index contributed by atoms with van der Waals surface area (Å²) in [6, 6.07) is 14.7. The number of nitrogens with zero attached hydrogens (tertiary/aromatic N) is 2. The molecule has 3 N–H and O–H groups in total. The second kappa shape index (κ2) is 17.9. The molecular weight excluding hydrogens is 640 g/mol. The largest absolute Gasteiger partial charge is 0.480 e. The highest BCUT2D eigenvalue weighted by atomic mass is 16.6. The standard InChI is InChI=1S/C38H54N4O8/c1-8-9-21-41(35(47)40-30(33(44)45)23-26-17-19-28(20-18-26)27-14-11-10-12-15-27)25-29(34(46)49-37(2,3)4)24-39-32(43)31-16-13-22-42(31)36(48)50-38(5,6)7/h10-12,14-15,17-20,29-31H,8-9,13,16,21-25H2,1-7H3,(H,39,43)(H,40,47)(H,44,45)/t29-,30-,31-/m0/s1. The number of nitrogens with one attached hydrogen (secondary N) is 2. The summed E-state index contributed by atoms with van der Waals surface area (Å²) in [6.07, 6.45) is 1.89. The minimum Gasteiger partial charge on any atom is -0.480 e. The van der Waals surface area contributed by atoms with Crippen LogP contribution >= 0.6 is 0 Å². The van der Waals surface area contributed by atoms with Crippen LogP contribution in [-0.4, -0.2) is 94.3 Å². The average molecular weight is 695 g/mol. The maximum Gasteiger partial charge on any atom is 0.410 e. The van der Waals surface area contributed by atoms with E-state index in [9.17, 15) is 29.1 Å². The first kappa shape index (κ1) is 39.8. The maximum atomic E-state index is 13.7. The Morgan fingerprint density at radius 3 is 2.12 bits per heavy atom. The van der Waals surface area contributed by atoms with E-state index in [0.717, 1.165) is 23.1 Å². The van der Waals surface area contributed by atoms with Crippen LogP contribution in [0.15, 0.2) is 54.6 Å². The van der Waals surface area contributed by atoms with Crippen LogP contribution in [-0.2, 0) is 30.3 Å². The van der Waals surface area contributed by atoms with Crippen molar-refractivity contribution in [2.24, 2.45) is 5.92 Å². The number of amides is 4. The molecule has 0 unspecified atom stereocenters. The Labute approximate surface area is 295 Å². The summed E-state index contributed by atoms with van der Waals surface area (Å²) in [5.41, 5.74) is 1.20. The monoisotopic (exact) mass is 694 g/mol. The van der Waals surface area contributed by atoms with E-state index in [4.69, 9.17) is 9.47 Å². The molecule has 3 rings (SSSR count). The van der Waals surface area contributed by atoms with E-state index in [1.165, 1.54) is 9.80 Å². The summed E-state index contributed by atoms with van der Waals surface area (Å²) in [7, 11) is 0. The van der Waals surface area contributed by atoms with Crippen molar-refractivity contribution >= 4 is 30.0 Å². The summed E-state index contributed by atoms with van der Waals surface area (Å²) < 4.78 is 11.2. The molecule has 0 bridgehead atoms. The molecule has 0 spiro atoms. The van der Waals surface area contributed by atoms with Gasteiger partial charge in [0, 0.05) is 32.6 Å². The van der Waals surface area contributed by atoms with Crippen LogP contribution in [0.1, 0.15) is 79.7 Å². The second-order valence-corrected chi connectivity index (χ2v) is 14.7. The van der Waals surface area contributed by atoms with Crippen LogP contribution in [0, 0.1) is 5.92 Å². The Bertz CT molecular complexity index is 1450. The first-order valence-corrected chi connectivity index (χ1v) is 17.4. The fourth-order valence-corrected chi connectivity index (χ4v) is 5.56. The Balaban J connectivity index is 1.74. The van der Waals surface area contributed by atoms with E-state index in [1.54, 1.807) is 41.5 Å². The van der Waals surface area contributed by atoms with Crippen LogP contribution < -0.4 is 10.6 Å².